The van der Waals surface area contributed by atoms with Gasteiger partial charge < -0.3 is 4.57 Å². The molecule has 0 saturated carbocycles. The monoisotopic (exact) mass is 351 g/mol. The van der Waals surface area contributed by atoms with Crippen LogP contribution in [0.1, 0.15) is 28.7 Å². The lowest BCUT2D eigenvalue weighted by Gasteiger charge is -2.03. The Bertz CT molecular complexity index is 1020. The molecule has 0 radical (unpaired) electrons. The second-order valence-corrected chi connectivity index (χ2v) is 5.66. The smallest absolute Gasteiger partial charge is 0.271 e. The van der Waals surface area contributed by atoms with E-state index in [1.807, 2.05) is 19.9 Å². The molecule has 1 aromatic heterocycles. The first kappa shape index (κ1) is 17.3. The number of imidazole rings is 1. The Balaban J connectivity index is 1.75. The number of carbonyl (C=O) groups excluding carboxylic acids is 1. The normalized spacial score (nSPS) is 11.2. The maximum absolute atomic E-state index is 12.2. The summed E-state index contributed by atoms with van der Waals surface area (Å²) in [6, 6.07) is 11.3. The number of nitrogens with zero attached hydrogens (tertiary/aromatic N) is 4. The molecule has 0 aliphatic heterocycles. The number of carbonyl (C=O) groups is 1. The number of nitro groups is 1. The van der Waals surface area contributed by atoms with Crippen LogP contribution < -0.4 is 5.43 Å². The van der Waals surface area contributed by atoms with E-state index in [0.29, 0.717) is 11.1 Å². The van der Waals surface area contributed by atoms with Crippen LogP contribution in [-0.4, -0.2) is 26.6 Å². The molecule has 1 N–H and O–H groups in total. The van der Waals surface area contributed by atoms with Crippen LogP contribution in [0.3, 0.4) is 0 Å². The van der Waals surface area contributed by atoms with Gasteiger partial charge in [-0.25, -0.2) is 10.4 Å². The first-order valence-electron chi connectivity index (χ1n) is 8.04. The number of fused-ring (bicyclic) bond motifs is 1. The zero-order chi connectivity index (χ0) is 18.7. The molecule has 26 heavy (non-hydrogen) atoms. The summed E-state index contributed by atoms with van der Waals surface area (Å²) in [5, 5.41) is 14.6. The van der Waals surface area contributed by atoms with E-state index in [-0.39, 0.29) is 11.6 Å². The van der Waals surface area contributed by atoms with Crippen molar-refractivity contribution >= 4 is 28.8 Å². The quantitative estimate of drug-likeness (QED) is 0.433. The van der Waals surface area contributed by atoms with E-state index in [4.69, 9.17) is 0 Å². The summed E-state index contributed by atoms with van der Waals surface area (Å²) >= 11 is 0. The predicted molar refractivity (Wildman–Crippen MR) is 98.3 cm³/mol. The molecular weight excluding hydrogens is 334 g/mol. The lowest BCUT2D eigenvalue weighted by molar-refractivity contribution is -0.384. The Labute approximate surface area is 149 Å². The minimum Gasteiger partial charge on any atom is -0.329 e. The number of nitro benzene ring substituents is 1. The van der Waals surface area contributed by atoms with E-state index < -0.39 is 4.92 Å². The molecular formula is C18H17N5O3. The van der Waals surface area contributed by atoms with Crippen molar-refractivity contribution in [1.29, 1.82) is 0 Å². The summed E-state index contributed by atoms with van der Waals surface area (Å²) in [7, 11) is 0. The standard InChI is InChI=1S/C18H17N5O3/c1-3-22-12(2)20-16-10-14(7-8-17(16)22)18(24)21-19-11-13-5-4-6-15(9-13)23(25)26/h4-11H,3H2,1-2H3,(H,21,24)/b19-11+. The zero-order valence-electron chi connectivity index (χ0n) is 14.3. The topological polar surface area (TPSA) is 102 Å². The van der Waals surface area contributed by atoms with Gasteiger partial charge in [0.15, 0.2) is 0 Å². The van der Waals surface area contributed by atoms with Gasteiger partial charge in [0.2, 0.25) is 0 Å². The third kappa shape index (κ3) is 3.44. The van der Waals surface area contributed by atoms with Gasteiger partial charge >= 0.3 is 0 Å². The second-order valence-electron chi connectivity index (χ2n) is 5.66. The van der Waals surface area contributed by atoms with Crippen molar-refractivity contribution in [3.63, 3.8) is 0 Å². The average Bonchev–Trinajstić information content (AvgIpc) is 2.95. The van der Waals surface area contributed by atoms with E-state index in [1.54, 1.807) is 24.3 Å². The number of hydrogen-bond donors (Lipinski definition) is 1. The highest BCUT2D eigenvalue weighted by Crippen LogP contribution is 2.17. The van der Waals surface area contributed by atoms with Crippen LogP contribution >= 0.6 is 0 Å². The molecule has 1 heterocycles. The van der Waals surface area contributed by atoms with Gasteiger partial charge in [0, 0.05) is 29.8 Å². The van der Waals surface area contributed by atoms with E-state index >= 15 is 0 Å². The summed E-state index contributed by atoms with van der Waals surface area (Å²) < 4.78 is 2.07. The van der Waals surface area contributed by atoms with E-state index in [0.717, 1.165) is 23.4 Å². The fourth-order valence-electron chi connectivity index (χ4n) is 2.74. The van der Waals surface area contributed by atoms with Gasteiger partial charge in [0.1, 0.15) is 5.82 Å². The van der Waals surface area contributed by atoms with Gasteiger partial charge in [-0.05, 0) is 32.0 Å². The van der Waals surface area contributed by atoms with E-state index in [9.17, 15) is 14.9 Å². The average molecular weight is 351 g/mol. The molecule has 0 fully saturated rings. The van der Waals surface area contributed by atoms with Gasteiger partial charge in [-0.15, -0.1) is 0 Å². The minimum atomic E-state index is -0.484. The highest BCUT2D eigenvalue weighted by molar-refractivity contribution is 5.98. The zero-order valence-corrected chi connectivity index (χ0v) is 14.3. The van der Waals surface area contributed by atoms with Crippen LogP contribution in [-0.2, 0) is 6.54 Å². The molecule has 8 heteroatoms. The molecule has 0 bridgehead atoms. The third-order valence-electron chi connectivity index (χ3n) is 3.98. The van der Waals surface area contributed by atoms with Gasteiger partial charge in [0.05, 0.1) is 22.2 Å². The molecule has 8 nitrogen and oxygen atoms in total. The molecule has 0 atom stereocenters. The summed E-state index contributed by atoms with van der Waals surface area (Å²) in [4.78, 5) is 27.0. The molecule has 132 valence electrons. The lowest BCUT2D eigenvalue weighted by Crippen LogP contribution is -2.17. The van der Waals surface area contributed by atoms with Gasteiger partial charge in [-0.3, -0.25) is 14.9 Å². The molecule has 3 rings (SSSR count). The summed E-state index contributed by atoms with van der Waals surface area (Å²) in [6.45, 7) is 4.77. The summed E-state index contributed by atoms with van der Waals surface area (Å²) in [6.07, 6.45) is 1.36. The molecule has 0 aliphatic rings. The number of nitrogens with one attached hydrogen (secondary N) is 1. The van der Waals surface area contributed by atoms with Crippen LogP contribution in [0, 0.1) is 17.0 Å². The van der Waals surface area contributed by atoms with Crippen LogP contribution in [0.25, 0.3) is 11.0 Å². The largest absolute Gasteiger partial charge is 0.329 e. The minimum absolute atomic E-state index is 0.0346. The molecule has 2 aromatic carbocycles. The van der Waals surface area contributed by atoms with Crippen molar-refractivity contribution in [2.24, 2.45) is 5.10 Å². The molecule has 0 unspecified atom stereocenters. The highest BCUT2D eigenvalue weighted by Gasteiger charge is 2.10. The number of aromatic nitrogens is 2. The molecule has 1 amide bonds. The first-order valence-corrected chi connectivity index (χ1v) is 8.04. The van der Waals surface area contributed by atoms with E-state index in [2.05, 4.69) is 20.1 Å². The van der Waals surface area contributed by atoms with Crippen molar-refractivity contribution in [3.8, 4) is 0 Å². The van der Waals surface area contributed by atoms with Crippen LogP contribution in [0.2, 0.25) is 0 Å². The van der Waals surface area contributed by atoms with Crippen molar-refractivity contribution < 1.29 is 9.72 Å². The van der Waals surface area contributed by atoms with Crippen LogP contribution in [0.15, 0.2) is 47.6 Å². The highest BCUT2D eigenvalue weighted by atomic mass is 16.6. The molecule has 0 spiro atoms. The summed E-state index contributed by atoms with van der Waals surface area (Å²) in [5.74, 6) is 0.515. The van der Waals surface area contributed by atoms with Gasteiger partial charge in [-0.1, -0.05) is 12.1 Å². The van der Waals surface area contributed by atoms with Crippen molar-refractivity contribution in [2.75, 3.05) is 0 Å². The SMILES string of the molecule is CCn1c(C)nc2cc(C(=O)N/N=C/c3cccc([N+](=O)[O-])c3)ccc21. The third-order valence-corrected chi connectivity index (χ3v) is 3.98. The van der Waals surface area contributed by atoms with Gasteiger partial charge in [0.25, 0.3) is 11.6 Å². The number of amides is 1. The number of hydrogen-bond acceptors (Lipinski definition) is 5. The Kier molecular flexibility index (Phi) is 4.74. The first-order chi connectivity index (χ1) is 12.5. The lowest BCUT2D eigenvalue weighted by atomic mass is 10.2. The maximum atomic E-state index is 12.2. The number of hydrazone groups is 1. The summed E-state index contributed by atoms with van der Waals surface area (Å²) in [5.41, 5.74) is 5.07. The fraction of sp³-hybridized carbons (Fsp3) is 0.167. The fourth-order valence-corrected chi connectivity index (χ4v) is 2.74. The molecule has 3 aromatic rings. The Morgan fingerprint density at radius 3 is 2.88 bits per heavy atom. The van der Waals surface area contributed by atoms with Crippen molar-refractivity contribution in [1.82, 2.24) is 15.0 Å². The number of benzene rings is 2. The maximum Gasteiger partial charge on any atom is 0.271 e. The van der Waals surface area contributed by atoms with Crippen molar-refractivity contribution in [2.45, 2.75) is 20.4 Å². The van der Waals surface area contributed by atoms with Crippen LogP contribution in [0.4, 0.5) is 5.69 Å². The Hall–Kier alpha value is -3.55. The second kappa shape index (κ2) is 7.14. The molecule has 0 saturated heterocycles. The predicted octanol–water partition coefficient (Wildman–Crippen LogP) is 3.04. The number of rotatable bonds is 5. The van der Waals surface area contributed by atoms with Crippen LogP contribution in [0.5, 0.6) is 0 Å². The van der Waals surface area contributed by atoms with E-state index in [1.165, 1.54) is 18.3 Å². The Morgan fingerprint density at radius 2 is 2.15 bits per heavy atom. The number of aryl methyl sites for hydroxylation is 2. The van der Waals surface area contributed by atoms with Crippen molar-refractivity contribution in [3.05, 3.63) is 69.5 Å². The Morgan fingerprint density at radius 1 is 1.35 bits per heavy atom. The van der Waals surface area contributed by atoms with Gasteiger partial charge in [-0.2, -0.15) is 5.10 Å². The number of non-ortho nitro benzene ring substituents is 1. The molecule has 0 aliphatic carbocycles.